The third kappa shape index (κ3) is 2.94. The summed E-state index contributed by atoms with van der Waals surface area (Å²) in [4.78, 5) is 5.82. The van der Waals surface area contributed by atoms with E-state index in [-0.39, 0.29) is 0 Å². The molecule has 0 unspecified atom stereocenters. The largest absolute Gasteiger partial charge is 0.399 e. The Morgan fingerprint density at radius 3 is 2.84 bits per heavy atom. The normalized spacial score (nSPS) is 11.0. The van der Waals surface area contributed by atoms with Crippen molar-refractivity contribution in [3.8, 4) is 0 Å². The average molecular weight is 351 g/mol. The molecule has 0 fully saturated rings. The fourth-order valence-corrected chi connectivity index (χ4v) is 4.37. The highest BCUT2D eigenvalue weighted by Gasteiger charge is 2.06. The van der Waals surface area contributed by atoms with Crippen LogP contribution in [0.15, 0.2) is 51.8 Å². The van der Waals surface area contributed by atoms with Crippen molar-refractivity contribution in [1.82, 2.24) is 4.98 Å². The fourth-order valence-electron chi connectivity index (χ4n) is 1.76. The number of benzene rings is 2. The topological polar surface area (TPSA) is 38.9 Å². The number of thioether (sulfide) groups is 1. The molecule has 0 atom stereocenters. The summed E-state index contributed by atoms with van der Waals surface area (Å²) in [6.07, 6.45) is 0. The second kappa shape index (κ2) is 5.53. The van der Waals surface area contributed by atoms with Crippen molar-refractivity contribution in [2.75, 3.05) is 5.73 Å². The Morgan fingerprint density at radius 1 is 1.21 bits per heavy atom. The molecule has 0 spiro atoms. The van der Waals surface area contributed by atoms with Crippen LogP contribution in [0.25, 0.3) is 10.2 Å². The fraction of sp³-hybridized carbons (Fsp3) is 0.0714. The van der Waals surface area contributed by atoms with Crippen LogP contribution in [0.4, 0.5) is 5.69 Å². The van der Waals surface area contributed by atoms with Gasteiger partial charge in [0.15, 0.2) is 0 Å². The van der Waals surface area contributed by atoms with Crippen LogP contribution < -0.4 is 5.73 Å². The molecular formula is C14H11BrN2S2. The molecule has 0 saturated heterocycles. The summed E-state index contributed by atoms with van der Waals surface area (Å²) in [6, 6.07) is 14.1. The number of hydrogen-bond acceptors (Lipinski definition) is 4. The average Bonchev–Trinajstić information content (AvgIpc) is 2.80. The van der Waals surface area contributed by atoms with Crippen molar-refractivity contribution >= 4 is 54.9 Å². The molecule has 2 N–H and O–H groups in total. The molecule has 19 heavy (non-hydrogen) atoms. The number of nitrogens with two attached hydrogens (primary N) is 1. The number of nitrogens with zero attached hydrogens (tertiary/aromatic N) is 1. The second-order valence-corrected chi connectivity index (χ2v) is 7.04. The molecule has 0 aliphatic carbocycles. The molecule has 3 aromatic rings. The van der Waals surface area contributed by atoms with Crippen molar-refractivity contribution in [3.63, 3.8) is 0 Å². The van der Waals surface area contributed by atoms with Gasteiger partial charge in [0.1, 0.15) is 5.01 Å². The first kappa shape index (κ1) is 13.0. The summed E-state index contributed by atoms with van der Waals surface area (Å²) < 4.78 is 2.29. The van der Waals surface area contributed by atoms with Gasteiger partial charge in [-0.1, -0.05) is 12.1 Å². The van der Waals surface area contributed by atoms with Crippen LogP contribution in [-0.4, -0.2) is 4.98 Å². The van der Waals surface area contributed by atoms with E-state index < -0.39 is 0 Å². The van der Waals surface area contributed by atoms with Crippen molar-refractivity contribution in [1.29, 1.82) is 0 Å². The molecule has 1 aromatic heterocycles. The molecule has 0 radical (unpaired) electrons. The molecule has 0 aliphatic heterocycles. The molecule has 0 saturated carbocycles. The Labute approximate surface area is 128 Å². The lowest BCUT2D eigenvalue weighted by atomic mass is 10.3. The van der Waals surface area contributed by atoms with Crippen LogP contribution >= 0.6 is 39.0 Å². The molecule has 0 aliphatic rings. The quantitative estimate of drug-likeness (QED) is 0.537. The zero-order chi connectivity index (χ0) is 13.2. The highest BCUT2D eigenvalue weighted by molar-refractivity contribution is 9.10. The van der Waals surface area contributed by atoms with Crippen molar-refractivity contribution in [3.05, 3.63) is 51.9 Å². The van der Waals surface area contributed by atoms with E-state index in [0.717, 1.165) is 26.4 Å². The van der Waals surface area contributed by atoms with Gasteiger partial charge in [-0.05, 0) is 46.3 Å². The smallest absolute Gasteiger partial charge is 0.104 e. The lowest BCUT2D eigenvalue weighted by molar-refractivity contribution is 1.30. The monoisotopic (exact) mass is 350 g/mol. The van der Waals surface area contributed by atoms with Crippen LogP contribution in [0.1, 0.15) is 5.01 Å². The molecule has 5 heteroatoms. The predicted octanol–water partition coefficient (Wildman–Crippen LogP) is 4.93. The molecule has 0 amide bonds. The van der Waals surface area contributed by atoms with Crippen LogP contribution in [0.3, 0.4) is 0 Å². The Morgan fingerprint density at radius 2 is 2.05 bits per heavy atom. The summed E-state index contributed by atoms with van der Waals surface area (Å²) in [5.41, 5.74) is 7.59. The summed E-state index contributed by atoms with van der Waals surface area (Å²) in [5, 5.41) is 1.15. The van der Waals surface area contributed by atoms with Crippen molar-refractivity contribution in [2.45, 2.75) is 10.6 Å². The Kier molecular flexibility index (Phi) is 3.77. The number of nitrogen functional groups attached to an aromatic ring is 1. The van der Waals surface area contributed by atoms with Gasteiger partial charge < -0.3 is 5.73 Å². The standard InChI is InChI=1S/C14H11BrN2S2/c15-10-7-9(16)5-6-12(10)18-8-14-17-11-3-1-2-4-13(11)19-14/h1-7H,8,16H2. The summed E-state index contributed by atoms with van der Waals surface area (Å²) >= 11 is 7.06. The number of hydrogen-bond donors (Lipinski definition) is 1. The number of rotatable bonds is 3. The number of anilines is 1. The van der Waals surface area contributed by atoms with Crippen LogP contribution in [0, 0.1) is 0 Å². The maximum absolute atomic E-state index is 5.74. The van der Waals surface area contributed by atoms with Crippen molar-refractivity contribution in [2.24, 2.45) is 0 Å². The van der Waals surface area contributed by atoms with E-state index >= 15 is 0 Å². The molecule has 2 aromatic carbocycles. The first-order valence-corrected chi connectivity index (χ1v) is 8.34. The van der Waals surface area contributed by atoms with Gasteiger partial charge in [-0.25, -0.2) is 4.98 Å². The van der Waals surface area contributed by atoms with Gasteiger partial charge in [0.25, 0.3) is 0 Å². The molecule has 1 heterocycles. The first-order chi connectivity index (χ1) is 9.22. The first-order valence-electron chi connectivity index (χ1n) is 5.74. The van der Waals surface area contributed by atoms with E-state index in [9.17, 15) is 0 Å². The lowest BCUT2D eigenvalue weighted by Crippen LogP contribution is -1.85. The number of thiazole rings is 1. The van der Waals surface area contributed by atoms with Crippen LogP contribution in [0.5, 0.6) is 0 Å². The Balaban J connectivity index is 1.78. The zero-order valence-corrected chi connectivity index (χ0v) is 13.2. The zero-order valence-electron chi connectivity index (χ0n) is 9.97. The highest BCUT2D eigenvalue weighted by atomic mass is 79.9. The molecule has 2 nitrogen and oxygen atoms in total. The van der Waals surface area contributed by atoms with E-state index in [1.54, 1.807) is 23.1 Å². The maximum atomic E-state index is 5.74. The van der Waals surface area contributed by atoms with E-state index in [4.69, 9.17) is 5.73 Å². The van der Waals surface area contributed by atoms with Gasteiger partial charge in [0.05, 0.1) is 16.0 Å². The van der Waals surface area contributed by atoms with E-state index in [1.165, 1.54) is 9.60 Å². The van der Waals surface area contributed by atoms with Gasteiger partial charge in [0.2, 0.25) is 0 Å². The van der Waals surface area contributed by atoms with E-state index in [1.807, 2.05) is 30.3 Å². The number of aromatic nitrogens is 1. The van der Waals surface area contributed by atoms with Gasteiger partial charge in [-0.2, -0.15) is 0 Å². The number of fused-ring (bicyclic) bond motifs is 1. The Bertz CT molecular complexity index is 691. The molecular weight excluding hydrogens is 340 g/mol. The van der Waals surface area contributed by atoms with Crippen LogP contribution in [-0.2, 0) is 5.75 Å². The minimum atomic E-state index is 0.774. The highest BCUT2D eigenvalue weighted by Crippen LogP contribution is 2.33. The Hall–Kier alpha value is -1.04. The predicted molar refractivity (Wildman–Crippen MR) is 87.7 cm³/mol. The van der Waals surface area contributed by atoms with E-state index in [0.29, 0.717) is 0 Å². The molecule has 3 rings (SSSR count). The SMILES string of the molecule is Nc1ccc(SCc2nc3ccccc3s2)c(Br)c1. The van der Waals surface area contributed by atoms with Crippen LogP contribution in [0.2, 0.25) is 0 Å². The second-order valence-electron chi connectivity index (χ2n) is 4.05. The number of para-hydroxylation sites is 1. The summed E-state index contributed by atoms with van der Waals surface area (Å²) in [5.74, 6) is 0.877. The minimum Gasteiger partial charge on any atom is -0.399 e. The van der Waals surface area contributed by atoms with Gasteiger partial charge in [0, 0.05) is 15.1 Å². The third-order valence-electron chi connectivity index (χ3n) is 2.65. The maximum Gasteiger partial charge on any atom is 0.104 e. The summed E-state index contributed by atoms with van der Waals surface area (Å²) in [6.45, 7) is 0. The lowest BCUT2D eigenvalue weighted by Gasteiger charge is -2.03. The molecule has 96 valence electrons. The minimum absolute atomic E-state index is 0.774. The van der Waals surface area contributed by atoms with Crippen molar-refractivity contribution < 1.29 is 0 Å². The van der Waals surface area contributed by atoms with Gasteiger partial charge in [-0.3, -0.25) is 0 Å². The number of halogens is 1. The van der Waals surface area contributed by atoms with Gasteiger partial charge in [-0.15, -0.1) is 23.1 Å². The van der Waals surface area contributed by atoms with Gasteiger partial charge >= 0.3 is 0 Å². The summed E-state index contributed by atoms with van der Waals surface area (Å²) in [7, 11) is 0. The molecule has 0 bridgehead atoms. The van der Waals surface area contributed by atoms with E-state index in [2.05, 4.69) is 33.0 Å². The third-order valence-corrected chi connectivity index (χ3v) is 5.87.